The Hall–Kier alpha value is -2.57. The molecule has 4 rings (SSSR count). The van der Waals surface area contributed by atoms with Gasteiger partial charge < -0.3 is 15.3 Å². The number of piperidine rings is 1. The number of hydrogen-bond donors (Lipinski definition) is 2. The smallest absolute Gasteiger partial charge is 0.225 e. The molecule has 1 saturated heterocycles. The Labute approximate surface area is 216 Å². The number of aliphatic hydroxyl groups excluding tert-OH is 1. The van der Waals surface area contributed by atoms with E-state index in [2.05, 4.69) is 53.8 Å². The number of carbonyl (C=O) groups excluding carboxylic acids is 2. The van der Waals surface area contributed by atoms with Gasteiger partial charge in [0.2, 0.25) is 11.8 Å². The Balaban J connectivity index is 0.00000342. The summed E-state index contributed by atoms with van der Waals surface area (Å²) in [4.78, 5) is 27.1. The molecular formula is C29H38N2O3S. The molecule has 0 unspecified atom stereocenters. The first-order valence-corrected chi connectivity index (χ1v) is 12.4. The van der Waals surface area contributed by atoms with Gasteiger partial charge in [-0.15, -0.1) is 0 Å². The van der Waals surface area contributed by atoms with Crippen molar-refractivity contribution in [1.29, 1.82) is 0 Å². The molecule has 2 aromatic carbocycles. The highest BCUT2D eigenvalue weighted by atomic mass is 32.1. The van der Waals surface area contributed by atoms with Gasteiger partial charge in [0.25, 0.3) is 0 Å². The van der Waals surface area contributed by atoms with Gasteiger partial charge >= 0.3 is 0 Å². The fraction of sp³-hybridized carbons (Fsp3) is 0.448. The number of aryl methyl sites for hydroxylation is 2. The maximum Gasteiger partial charge on any atom is 0.225 e. The number of rotatable bonds is 4. The molecule has 35 heavy (non-hydrogen) atoms. The zero-order chi connectivity index (χ0) is 24.3. The predicted molar refractivity (Wildman–Crippen MR) is 146 cm³/mol. The summed E-state index contributed by atoms with van der Waals surface area (Å²) in [6.07, 6.45) is 3.87. The summed E-state index contributed by atoms with van der Waals surface area (Å²) < 4.78 is 0. The molecule has 1 aliphatic carbocycles. The lowest BCUT2D eigenvalue weighted by atomic mass is 9.86. The largest absolute Gasteiger partial charge is 0.394 e. The van der Waals surface area contributed by atoms with Crippen molar-refractivity contribution in [2.75, 3.05) is 19.7 Å². The molecule has 0 radical (unpaired) electrons. The van der Waals surface area contributed by atoms with Crippen LogP contribution in [-0.4, -0.2) is 47.6 Å². The van der Waals surface area contributed by atoms with Crippen LogP contribution >= 0.6 is 13.5 Å². The van der Waals surface area contributed by atoms with Crippen LogP contribution in [0.2, 0.25) is 0 Å². The number of carbonyl (C=O) groups is 2. The predicted octanol–water partition coefficient (Wildman–Crippen LogP) is 4.24. The molecule has 2 aromatic rings. The fourth-order valence-corrected chi connectivity index (χ4v) is 4.94. The number of benzene rings is 2. The van der Waals surface area contributed by atoms with E-state index in [1.807, 2.05) is 25.7 Å². The molecule has 5 nitrogen and oxygen atoms in total. The van der Waals surface area contributed by atoms with Gasteiger partial charge in [0.1, 0.15) is 0 Å². The van der Waals surface area contributed by atoms with E-state index in [1.165, 1.54) is 33.4 Å². The van der Waals surface area contributed by atoms with E-state index in [9.17, 15) is 14.7 Å². The zero-order valence-electron chi connectivity index (χ0n) is 21.1. The second-order valence-corrected chi connectivity index (χ2v) is 10.5. The number of likely N-dealkylation sites (tertiary alicyclic amines) is 1. The number of nitrogens with one attached hydrogen (secondary N) is 1. The Kier molecular flexibility index (Phi) is 8.84. The molecule has 1 fully saturated rings. The lowest BCUT2D eigenvalue weighted by Crippen LogP contribution is -2.47. The van der Waals surface area contributed by atoms with Crippen molar-refractivity contribution in [2.45, 2.75) is 58.9 Å². The van der Waals surface area contributed by atoms with Crippen LogP contribution in [0.5, 0.6) is 0 Å². The van der Waals surface area contributed by atoms with Gasteiger partial charge in [-0.3, -0.25) is 9.59 Å². The van der Waals surface area contributed by atoms with Gasteiger partial charge in [0.15, 0.2) is 0 Å². The average molecular weight is 495 g/mol. The summed E-state index contributed by atoms with van der Waals surface area (Å²) in [5, 5.41) is 12.5. The molecule has 0 aromatic heterocycles. The molecule has 0 saturated carbocycles. The van der Waals surface area contributed by atoms with Crippen molar-refractivity contribution in [3.05, 3.63) is 76.4 Å². The van der Waals surface area contributed by atoms with E-state index >= 15 is 0 Å². The molecule has 1 aliphatic heterocycles. The van der Waals surface area contributed by atoms with Crippen LogP contribution in [-0.2, 0) is 22.4 Å². The molecule has 0 bridgehead atoms. The SMILES string of the molecule is CC(C)(C)C(=O)N[C@H](CO)CC(=O)N1CCC(=C2c3ccccc3CCc3ccccc32)CC1.S. The highest BCUT2D eigenvalue weighted by Crippen LogP contribution is 2.38. The Morgan fingerprint density at radius 2 is 1.43 bits per heavy atom. The number of aliphatic hydroxyl groups is 1. The summed E-state index contributed by atoms with van der Waals surface area (Å²) in [7, 11) is 0. The number of amides is 2. The van der Waals surface area contributed by atoms with Crippen molar-refractivity contribution >= 4 is 30.9 Å². The molecule has 188 valence electrons. The van der Waals surface area contributed by atoms with Crippen LogP contribution in [0.15, 0.2) is 54.1 Å². The van der Waals surface area contributed by atoms with Gasteiger partial charge in [0, 0.05) is 24.9 Å². The van der Waals surface area contributed by atoms with Crippen LogP contribution in [0.1, 0.15) is 62.3 Å². The highest BCUT2D eigenvalue weighted by Gasteiger charge is 2.28. The molecule has 6 heteroatoms. The monoisotopic (exact) mass is 494 g/mol. The molecule has 2 aliphatic rings. The second-order valence-electron chi connectivity index (χ2n) is 10.5. The van der Waals surface area contributed by atoms with E-state index in [1.54, 1.807) is 0 Å². The third-order valence-corrected chi connectivity index (χ3v) is 6.97. The first-order chi connectivity index (χ1) is 16.3. The normalized spacial score (nSPS) is 16.4. The van der Waals surface area contributed by atoms with Crippen LogP contribution in [0.3, 0.4) is 0 Å². The Morgan fingerprint density at radius 3 is 1.91 bits per heavy atom. The Bertz CT molecular complexity index is 1040. The van der Waals surface area contributed by atoms with E-state index in [-0.39, 0.29) is 38.3 Å². The van der Waals surface area contributed by atoms with Crippen molar-refractivity contribution < 1.29 is 14.7 Å². The quantitative estimate of drug-likeness (QED) is 0.668. The van der Waals surface area contributed by atoms with Crippen LogP contribution in [0, 0.1) is 5.41 Å². The standard InChI is InChI=1S/C29H36N2O3.H2S/c1-29(2,3)28(34)30-23(19-32)18-26(33)31-16-14-22(15-17-31)27-24-10-6-4-8-20(24)12-13-21-9-5-7-11-25(21)27;/h4-11,23,32H,12-19H2,1-3H3,(H,30,34);1H2/t23-;/m0./s1. The van der Waals surface area contributed by atoms with Gasteiger partial charge in [-0.2, -0.15) is 13.5 Å². The second kappa shape index (κ2) is 11.4. The summed E-state index contributed by atoms with van der Waals surface area (Å²) in [5.41, 5.74) is 7.63. The molecule has 2 amide bonds. The number of nitrogens with zero attached hydrogens (tertiary/aromatic N) is 1. The first-order valence-electron chi connectivity index (χ1n) is 12.4. The van der Waals surface area contributed by atoms with Crippen molar-refractivity contribution in [2.24, 2.45) is 5.41 Å². The zero-order valence-corrected chi connectivity index (χ0v) is 22.1. The molecule has 0 spiro atoms. The van der Waals surface area contributed by atoms with Crippen LogP contribution < -0.4 is 5.32 Å². The lowest BCUT2D eigenvalue weighted by molar-refractivity contribution is -0.133. The average Bonchev–Trinajstić information content (AvgIpc) is 3.00. The highest BCUT2D eigenvalue weighted by molar-refractivity contribution is 7.59. The summed E-state index contributed by atoms with van der Waals surface area (Å²) >= 11 is 0. The van der Waals surface area contributed by atoms with Gasteiger partial charge in [-0.25, -0.2) is 0 Å². The van der Waals surface area contributed by atoms with Gasteiger partial charge in [-0.1, -0.05) is 74.9 Å². The minimum atomic E-state index is -0.562. The maximum absolute atomic E-state index is 13.0. The van der Waals surface area contributed by atoms with E-state index < -0.39 is 11.5 Å². The van der Waals surface area contributed by atoms with E-state index in [4.69, 9.17) is 0 Å². The van der Waals surface area contributed by atoms with Crippen LogP contribution in [0.25, 0.3) is 5.57 Å². The minimum absolute atomic E-state index is 0. The van der Waals surface area contributed by atoms with Crippen molar-refractivity contribution in [1.82, 2.24) is 10.2 Å². The molecule has 1 atom stereocenters. The van der Waals surface area contributed by atoms with E-state index in [0.29, 0.717) is 13.1 Å². The van der Waals surface area contributed by atoms with Crippen molar-refractivity contribution in [3.8, 4) is 0 Å². The molecular weight excluding hydrogens is 456 g/mol. The fourth-order valence-electron chi connectivity index (χ4n) is 4.94. The summed E-state index contributed by atoms with van der Waals surface area (Å²) in [6.45, 7) is 6.54. The number of fused-ring (bicyclic) bond motifs is 2. The maximum atomic E-state index is 13.0. The third-order valence-electron chi connectivity index (χ3n) is 6.97. The summed E-state index contributed by atoms with van der Waals surface area (Å²) in [6, 6.07) is 16.9. The van der Waals surface area contributed by atoms with Crippen molar-refractivity contribution in [3.63, 3.8) is 0 Å². The van der Waals surface area contributed by atoms with Gasteiger partial charge in [-0.05, 0) is 53.5 Å². The van der Waals surface area contributed by atoms with Crippen LogP contribution in [0.4, 0.5) is 0 Å². The topological polar surface area (TPSA) is 69.6 Å². The Morgan fingerprint density at radius 1 is 0.914 bits per heavy atom. The first kappa shape index (κ1) is 27.0. The third kappa shape index (κ3) is 6.17. The van der Waals surface area contributed by atoms with E-state index in [0.717, 1.165) is 25.7 Å². The molecule has 1 heterocycles. The minimum Gasteiger partial charge on any atom is -0.394 e. The van der Waals surface area contributed by atoms with Gasteiger partial charge in [0.05, 0.1) is 12.6 Å². The summed E-state index contributed by atoms with van der Waals surface area (Å²) in [5.74, 6) is -0.172. The lowest BCUT2D eigenvalue weighted by Gasteiger charge is -2.32. The molecule has 2 N–H and O–H groups in total. The number of hydrogen-bond acceptors (Lipinski definition) is 3.